The first kappa shape index (κ1) is 14.5. The highest BCUT2D eigenvalue weighted by atomic mass is 32.1. The van der Waals surface area contributed by atoms with Gasteiger partial charge >= 0.3 is 0 Å². The van der Waals surface area contributed by atoms with E-state index in [1.165, 1.54) is 18.4 Å². The van der Waals surface area contributed by atoms with Crippen LogP contribution in [0.1, 0.15) is 41.7 Å². The Morgan fingerprint density at radius 1 is 1.22 bits per heavy atom. The predicted molar refractivity (Wildman–Crippen MR) is 95.1 cm³/mol. The molecule has 4 heteroatoms. The van der Waals surface area contributed by atoms with Gasteiger partial charge in [0.25, 0.3) is 5.91 Å². The number of hydrogen-bond donors (Lipinski definition) is 2. The fourth-order valence-electron chi connectivity index (χ4n) is 3.73. The molecule has 0 bridgehead atoms. The minimum absolute atomic E-state index is 0.0114. The second-order valence-corrected chi connectivity index (χ2v) is 7.23. The maximum absolute atomic E-state index is 12.5. The molecule has 1 saturated carbocycles. The molecule has 2 heterocycles. The summed E-state index contributed by atoms with van der Waals surface area (Å²) in [6.07, 6.45) is 4.82. The van der Waals surface area contributed by atoms with E-state index in [0.29, 0.717) is 5.69 Å². The molecule has 0 radical (unpaired) electrons. The lowest BCUT2D eigenvalue weighted by Gasteiger charge is -2.28. The summed E-state index contributed by atoms with van der Waals surface area (Å²) in [7, 11) is 0. The summed E-state index contributed by atoms with van der Waals surface area (Å²) in [6, 6.07) is 12.1. The van der Waals surface area contributed by atoms with E-state index in [2.05, 4.69) is 27.1 Å². The molecule has 1 fully saturated rings. The molecule has 1 aliphatic carbocycles. The number of aromatic amines is 1. The third-order valence-corrected chi connectivity index (χ3v) is 5.74. The summed E-state index contributed by atoms with van der Waals surface area (Å²) in [5.41, 5.74) is 3.16. The van der Waals surface area contributed by atoms with Crippen LogP contribution in [0.2, 0.25) is 0 Å². The molecule has 1 amide bonds. The highest BCUT2D eigenvalue weighted by Crippen LogP contribution is 2.41. The van der Waals surface area contributed by atoms with Crippen molar-refractivity contribution in [2.24, 2.45) is 0 Å². The van der Waals surface area contributed by atoms with E-state index in [0.717, 1.165) is 30.3 Å². The van der Waals surface area contributed by atoms with Crippen molar-refractivity contribution in [3.63, 3.8) is 0 Å². The van der Waals surface area contributed by atoms with Gasteiger partial charge in [-0.05, 0) is 47.4 Å². The molecule has 0 saturated heterocycles. The smallest absolute Gasteiger partial charge is 0.267 e. The highest BCUT2D eigenvalue weighted by Gasteiger charge is 2.36. The van der Waals surface area contributed by atoms with Crippen molar-refractivity contribution >= 4 is 28.1 Å². The molecule has 4 rings (SSSR count). The number of aromatic nitrogens is 1. The first-order valence-electron chi connectivity index (χ1n) is 8.16. The average molecular weight is 324 g/mol. The van der Waals surface area contributed by atoms with Crippen LogP contribution in [0.15, 0.2) is 47.2 Å². The average Bonchev–Trinajstić information content (AvgIpc) is 3.32. The zero-order chi connectivity index (χ0) is 15.7. The van der Waals surface area contributed by atoms with E-state index < -0.39 is 0 Å². The maximum atomic E-state index is 12.5. The number of nitrogens with one attached hydrogen (secondary N) is 2. The van der Waals surface area contributed by atoms with Crippen LogP contribution in [0.4, 0.5) is 0 Å². The van der Waals surface area contributed by atoms with Gasteiger partial charge in [-0.25, -0.2) is 0 Å². The normalized spacial score (nSPS) is 16.7. The van der Waals surface area contributed by atoms with E-state index in [-0.39, 0.29) is 11.3 Å². The zero-order valence-corrected chi connectivity index (χ0v) is 13.8. The van der Waals surface area contributed by atoms with Crippen molar-refractivity contribution in [2.75, 3.05) is 6.54 Å². The number of carbonyl (C=O) groups is 1. The van der Waals surface area contributed by atoms with Gasteiger partial charge in [-0.1, -0.05) is 31.0 Å². The van der Waals surface area contributed by atoms with Crippen molar-refractivity contribution in [1.82, 2.24) is 10.3 Å². The Hall–Kier alpha value is -2.07. The van der Waals surface area contributed by atoms with E-state index in [1.807, 2.05) is 30.3 Å². The molecule has 23 heavy (non-hydrogen) atoms. The lowest BCUT2D eigenvalue weighted by Crippen LogP contribution is -2.38. The molecule has 1 aliphatic rings. The Morgan fingerprint density at radius 2 is 2.04 bits per heavy atom. The SMILES string of the molecule is O=C(NCC1(c2ccsc2)CCCC1)c1cc2ccccc2[nH]1. The number of thiophene rings is 1. The van der Waals surface area contributed by atoms with Crippen molar-refractivity contribution < 1.29 is 4.79 Å². The number of carbonyl (C=O) groups excluding carboxylic acids is 1. The maximum Gasteiger partial charge on any atom is 0.267 e. The van der Waals surface area contributed by atoms with Crippen LogP contribution in [0.3, 0.4) is 0 Å². The monoisotopic (exact) mass is 324 g/mol. The van der Waals surface area contributed by atoms with Crippen molar-refractivity contribution in [1.29, 1.82) is 0 Å². The molecule has 2 aromatic heterocycles. The van der Waals surface area contributed by atoms with E-state index in [4.69, 9.17) is 0 Å². The second-order valence-electron chi connectivity index (χ2n) is 6.45. The van der Waals surface area contributed by atoms with Crippen LogP contribution in [-0.2, 0) is 5.41 Å². The summed E-state index contributed by atoms with van der Waals surface area (Å²) in [5.74, 6) is -0.0114. The first-order chi connectivity index (χ1) is 11.3. The Labute approximate surface area is 139 Å². The quantitative estimate of drug-likeness (QED) is 0.730. The lowest BCUT2D eigenvalue weighted by molar-refractivity contribution is 0.0939. The van der Waals surface area contributed by atoms with E-state index in [9.17, 15) is 4.79 Å². The van der Waals surface area contributed by atoms with Gasteiger partial charge in [0, 0.05) is 22.9 Å². The third-order valence-electron chi connectivity index (χ3n) is 5.06. The van der Waals surface area contributed by atoms with E-state index in [1.54, 1.807) is 11.3 Å². The second kappa shape index (κ2) is 5.85. The number of para-hydroxylation sites is 1. The van der Waals surface area contributed by atoms with Gasteiger partial charge < -0.3 is 10.3 Å². The topological polar surface area (TPSA) is 44.9 Å². The van der Waals surface area contributed by atoms with Crippen molar-refractivity contribution in [3.8, 4) is 0 Å². The van der Waals surface area contributed by atoms with Crippen LogP contribution < -0.4 is 5.32 Å². The summed E-state index contributed by atoms with van der Waals surface area (Å²) in [6.45, 7) is 0.720. The Bertz CT molecular complexity index is 780. The van der Waals surface area contributed by atoms with E-state index >= 15 is 0 Å². The van der Waals surface area contributed by atoms with Gasteiger partial charge in [0.2, 0.25) is 0 Å². The predicted octanol–water partition coefficient (Wildman–Crippen LogP) is 4.47. The van der Waals surface area contributed by atoms with Gasteiger partial charge in [-0.2, -0.15) is 11.3 Å². The first-order valence-corrected chi connectivity index (χ1v) is 9.10. The number of benzene rings is 1. The number of amides is 1. The van der Waals surface area contributed by atoms with Crippen molar-refractivity contribution in [3.05, 3.63) is 58.4 Å². The van der Waals surface area contributed by atoms with Gasteiger partial charge in [0.05, 0.1) is 0 Å². The molecular formula is C19H20N2OS. The van der Waals surface area contributed by atoms with Crippen LogP contribution in [0.5, 0.6) is 0 Å². The number of fused-ring (bicyclic) bond motifs is 1. The molecule has 0 unspecified atom stereocenters. The highest BCUT2D eigenvalue weighted by molar-refractivity contribution is 7.08. The fraction of sp³-hybridized carbons (Fsp3) is 0.316. The molecule has 0 atom stereocenters. The summed E-state index contributed by atoms with van der Waals surface area (Å²) < 4.78 is 0. The minimum Gasteiger partial charge on any atom is -0.351 e. The van der Waals surface area contributed by atoms with Crippen molar-refractivity contribution in [2.45, 2.75) is 31.1 Å². The van der Waals surface area contributed by atoms with Gasteiger partial charge in [0.1, 0.15) is 5.69 Å². The molecule has 118 valence electrons. The number of rotatable bonds is 4. The van der Waals surface area contributed by atoms with Crippen LogP contribution in [0.25, 0.3) is 10.9 Å². The third kappa shape index (κ3) is 2.68. The molecular weight excluding hydrogens is 304 g/mol. The minimum atomic E-state index is -0.0114. The fourth-order valence-corrected chi connectivity index (χ4v) is 4.50. The standard InChI is InChI=1S/C19H20N2OS/c22-18(17-11-14-5-1-2-6-16(14)21-17)20-13-19(8-3-4-9-19)15-7-10-23-12-15/h1-2,5-7,10-12,21H,3-4,8-9,13H2,(H,20,22). The van der Waals surface area contributed by atoms with Gasteiger partial charge in [-0.3, -0.25) is 4.79 Å². The van der Waals surface area contributed by atoms with Crippen LogP contribution >= 0.6 is 11.3 Å². The molecule has 1 aromatic carbocycles. The number of hydrogen-bond acceptors (Lipinski definition) is 2. The zero-order valence-electron chi connectivity index (χ0n) is 13.0. The van der Waals surface area contributed by atoms with Gasteiger partial charge in [0.15, 0.2) is 0 Å². The molecule has 0 spiro atoms. The molecule has 0 aliphatic heterocycles. The summed E-state index contributed by atoms with van der Waals surface area (Å²) in [5, 5.41) is 8.61. The molecule has 3 nitrogen and oxygen atoms in total. The Balaban J connectivity index is 1.52. The molecule has 2 N–H and O–H groups in total. The Kier molecular flexibility index (Phi) is 3.69. The van der Waals surface area contributed by atoms with Crippen LogP contribution in [0, 0.1) is 0 Å². The molecule has 3 aromatic rings. The largest absolute Gasteiger partial charge is 0.351 e. The number of H-pyrrole nitrogens is 1. The summed E-state index contributed by atoms with van der Waals surface area (Å²) >= 11 is 1.74. The Morgan fingerprint density at radius 3 is 2.78 bits per heavy atom. The van der Waals surface area contributed by atoms with Crippen LogP contribution in [-0.4, -0.2) is 17.4 Å². The van der Waals surface area contributed by atoms with Gasteiger partial charge in [-0.15, -0.1) is 0 Å². The lowest BCUT2D eigenvalue weighted by atomic mass is 9.80. The summed E-state index contributed by atoms with van der Waals surface area (Å²) in [4.78, 5) is 15.8.